The number of aromatic nitrogens is 2. The largest absolute Gasteiger partial charge is 0.618 e. The first-order valence-electron chi connectivity index (χ1n) is 9.47. The number of fused-ring (bicyclic) bond motifs is 1. The van der Waals surface area contributed by atoms with E-state index in [1.54, 1.807) is 12.1 Å². The van der Waals surface area contributed by atoms with E-state index >= 15 is 0 Å². The van der Waals surface area contributed by atoms with Crippen LogP contribution in [0.2, 0.25) is 0 Å². The predicted octanol–water partition coefficient (Wildman–Crippen LogP) is 4.22. The van der Waals surface area contributed by atoms with Gasteiger partial charge in [-0.1, -0.05) is 18.2 Å². The zero-order valence-corrected chi connectivity index (χ0v) is 15.7. The van der Waals surface area contributed by atoms with Crippen LogP contribution in [0, 0.1) is 5.21 Å². The zero-order chi connectivity index (χ0) is 20.4. The van der Waals surface area contributed by atoms with E-state index in [1.165, 1.54) is 12.3 Å². The van der Waals surface area contributed by atoms with Crippen LogP contribution in [-0.2, 0) is 12.6 Å². The molecule has 0 unspecified atom stereocenters. The molecule has 29 heavy (non-hydrogen) atoms. The van der Waals surface area contributed by atoms with Crippen molar-refractivity contribution in [3.8, 4) is 0 Å². The molecular weight excluding hydrogens is 379 g/mol. The molecule has 7 heteroatoms. The maximum Gasteiger partial charge on any atom is 0.433 e. The minimum atomic E-state index is -4.43. The Labute approximate surface area is 166 Å². The van der Waals surface area contributed by atoms with Gasteiger partial charge in [-0.15, -0.1) is 0 Å². The number of hydrogen-bond donors (Lipinski definition) is 0. The molecule has 0 aliphatic carbocycles. The Kier molecular flexibility index (Phi) is 5.24. The Morgan fingerprint density at radius 1 is 1.10 bits per heavy atom. The van der Waals surface area contributed by atoms with Crippen molar-refractivity contribution in [2.24, 2.45) is 0 Å². The van der Waals surface area contributed by atoms with Gasteiger partial charge in [0.25, 0.3) is 0 Å². The highest BCUT2D eigenvalue weighted by atomic mass is 19.4. The van der Waals surface area contributed by atoms with E-state index in [4.69, 9.17) is 0 Å². The fraction of sp³-hybridized carbons (Fsp3) is 0.273. The SMILES string of the molecule is [O-][n+]1cccc2ccc(CCN3CC=C(c4cccc(C(F)(F)F)n4)CC3)cc21. The molecule has 0 bridgehead atoms. The molecule has 3 aromatic rings. The van der Waals surface area contributed by atoms with Crippen molar-refractivity contribution in [2.45, 2.75) is 19.0 Å². The highest BCUT2D eigenvalue weighted by Gasteiger charge is 2.32. The first-order chi connectivity index (χ1) is 13.9. The van der Waals surface area contributed by atoms with Gasteiger partial charge in [0, 0.05) is 37.2 Å². The van der Waals surface area contributed by atoms with E-state index < -0.39 is 11.9 Å². The van der Waals surface area contributed by atoms with Crippen LogP contribution in [0.1, 0.15) is 23.4 Å². The number of rotatable bonds is 4. The molecule has 4 rings (SSSR count). The molecule has 0 N–H and O–H groups in total. The third-order valence-corrected chi connectivity index (χ3v) is 5.21. The molecule has 0 spiro atoms. The van der Waals surface area contributed by atoms with Crippen molar-refractivity contribution in [3.05, 3.63) is 83.0 Å². The lowest BCUT2D eigenvalue weighted by Crippen LogP contribution is -2.31. The Morgan fingerprint density at radius 3 is 2.72 bits per heavy atom. The number of alkyl halides is 3. The molecule has 2 aromatic heterocycles. The number of hydrogen-bond acceptors (Lipinski definition) is 3. The maximum atomic E-state index is 12.9. The fourth-order valence-corrected chi connectivity index (χ4v) is 3.59. The van der Waals surface area contributed by atoms with Gasteiger partial charge in [0.15, 0.2) is 6.20 Å². The van der Waals surface area contributed by atoms with Gasteiger partial charge in [0.05, 0.1) is 5.69 Å². The minimum absolute atomic E-state index is 0.397. The van der Waals surface area contributed by atoms with Crippen LogP contribution >= 0.6 is 0 Å². The Bertz CT molecular complexity index is 1060. The summed E-state index contributed by atoms with van der Waals surface area (Å²) in [6.45, 7) is 2.25. The van der Waals surface area contributed by atoms with E-state index in [0.717, 1.165) is 46.8 Å². The fourth-order valence-electron chi connectivity index (χ4n) is 3.59. The topological polar surface area (TPSA) is 43.1 Å². The van der Waals surface area contributed by atoms with E-state index in [-0.39, 0.29) is 0 Å². The highest BCUT2D eigenvalue weighted by molar-refractivity contribution is 5.76. The summed E-state index contributed by atoms with van der Waals surface area (Å²) >= 11 is 0. The van der Waals surface area contributed by atoms with E-state index in [0.29, 0.717) is 24.2 Å². The summed E-state index contributed by atoms with van der Waals surface area (Å²) in [5.74, 6) is 0. The number of nitrogens with zero attached hydrogens (tertiary/aromatic N) is 3. The van der Waals surface area contributed by atoms with Crippen molar-refractivity contribution in [1.82, 2.24) is 9.88 Å². The van der Waals surface area contributed by atoms with Gasteiger partial charge < -0.3 is 5.21 Å². The molecule has 150 valence electrons. The summed E-state index contributed by atoms with van der Waals surface area (Å²) in [7, 11) is 0. The smallest absolute Gasteiger partial charge is 0.433 e. The van der Waals surface area contributed by atoms with Crippen LogP contribution in [-0.4, -0.2) is 29.5 Å². The first-order valence-corrected chi connectivity index (χ1v) is 9.47. The van der Waals surface area contributed by atoms with Crippen LogP contribution in [0.4, 0.5) is 13.2 Å². The monoisotopic (exact) mass is 399 g/mol. The van der Waals surface area contributed by atoms with Gasteiger partial charge in [0.1, 0.15) is 5.69 Å². The molecule has 1 aliphatic rings. The molecule has 3 heterocycles. The molecule has 4 nitrogen and oxygen atoms in total. The normalized spacial score (nSPS) is 15.5. The van der Waals surface area contributed by atoms with Crippen LogP contribution in [0.3, 0.4) is 0 Å². The lowest BCUT2D eigenvalue weighted by Gasteiger charge is -2.26. The summed E-state index contributed by atoms with van der Waals surface area (Å²) in [6, 6.07) is 13.6. The molecule has 0 saturated heterocycles. The van der Waals surface area contributed by atoms with Gasteiger partial charge in [0.2, 0.25) is 5.52 Å². The summed E-state index contributed by atoms with van der Waals surface area (Å²) in [5, 5.41) is 12.8. The summed E-state index contributed by atoms with van der Waals surface area (Å²) in [6.07, 6.45) is 0.477. The van der Waals surface area contributed by atoms with Gasteiger partial charge in [-0.2, -0.15) is 17.9 Å². The average Bonchev–Trinajstić information content (AvgIpc) is 2.72. The highest BCUT2D eigenvalue weighted by Crippen LogP contribution is 2.29. The lowest BCUT2D eigenvalue weighted by molar-refractivity contribution is -0.577. The molecule has 0 atom stereocenters. The first kappa shape index (κ1) is 19.4. The van der Waals surface area contributed by atoms with Crippen molar-refractivity contribution in [3.63, 3.8) is 0 Å². The van der Waals surface area contributed by atoms with Crippen molar-refractivity contribution in [2.75, 3.05) is 19.6 Å². The molecule has 0 radical (unpaired) electrons. The second kappa shape index (κ2) is 7.83. The van der Waals surface area contributed by atoms with Crippen LogP contribution in [0.25, 0.3) is 16.5 Å². The molecule has 0 amide bonds. The maximum absolute atomic E-state index is 12.9. The predicted molar refractivity (Wildman–Crippen MR) is 105 cm³/mol. The van der Waals surface area contributed by atoms with Crippen molar-refractivity contribution < 1.29 is 17.9 Å². The third-order valence-electron chi connectivity index (χ3n) is 5.21. The third kappa shape index (κ3) is 4.40. The van der Waals surface area contributed by atoms with Crippen molar-refractivity contribution in [1.29, 1.82) is 0 Å². The number of halogens is 3. The van der Waals surface area contributed by atoms with Gasteiger partial charge in [-0.25, -0.2) is 4.98 Å². The molecule has 1 aliphatic heterocycles. The Morgan fingerprint density at radius 2 is 1.97 bits per heavy atom. The van der Waals surface area contributed by atoms with Crippen LogP contribution < -0.4 is 4.73 Å². The zero-order valence-electron chi connectivity index (χ0n) is 15.7. The van der Waals surface area contributed by atoms with Crippen LogP contribution in [0.5, 0.6) is 0 Å². The molecule has 0 fully saturated rings. The average molecular weight is 399 g/mol. The summed E-state index contributed by atoms with van der Waals surface area (Å²) < 4.78 is 39.5. The van der Waals surface area contributed by atoms with E-state index in [1.807, 2.05) is 30.3 Å². The standard InChI is InChI=1S/C22H20F3N3O/c23-22(24,25)21-5-1-4-19(26-21)17-9-13-27(14-10-17)12-8-16-6-7-18-3-2-11-28(29)20(18)15-16/h1-7,9,11,15H,8,10,12-14H2. The summed E-state index contributed by atoms with van der Waals surface area (Å²) in [5.41, 5.74) is 2.13. The van der Waals surface area contributed by atoms with E-state index in [9.17, 15) is 18.4 Å². The summed E-state index contributed by atoms with van der Waals surface area (Å²) in [4.78, 5) is 6.03. The second-order valence-corrected chi connectivity index (χ2v) is 7.16. The molecule has 1 aromatic carbocycles. The van der Waals surface area contributed by atoms with Gasteiger partial charge in [-0.3, -0.25) is 4.90 Å². The Balaban J connectivity index is 1.40. The van der Waals surface area contributed by atoms with Gasteiger partial charge >= 0.3 is 6.18 Å². The molecular formula is C22H20F3N3O. The van der Waals surface area contributed by atoms with E-state index in [2.05, 4.69) is 9.88 Å². The minimum Gasteiger partial charge on any atom is -0.618 e. The lowest BCUT2D eigenvalue weighted by atomic mass is 10.0. The Hall–Kier alpha value is -2.93. The number of pyridine rings is 2. The number of benzene rings is 1. The quantitative estimate of drug-likeness (QED) is 0.487. The molecule has 0 saturated carbocycles. The second-order valence-electron chi connectivity index (χ2n) is 7.16. The van der Waals surface area contributed by atoms with Crippen molar-refractivity contribution >= 4 is 16.5 Å². The van der Waals surface area contributed by atoms with Gasteiger partial charge in [-0.05, 0) is 48.2 Å². The van der Waals surface area contributed by atoms with Crippen LogP contribution in [0.15, 0.2) is 60.8 Å².